The first-order valence-electron chi connectivity index (χ1n) is 9.36. The highest BCUT2D eigenvalue weighted by atomic mass is 16.5. The Morgan fingerprint density at radius 1 is 1.25 bits per heavy atom. The molecule has 0 saturated carbocycles. The van der Waals surface area contributed by atoms with Crippen molar-refractivity contribution in [2.24, 2.45) is 11.7 Å². The van der Waals surface area contributed by atoms with Crippen LogP contribution in [0.3, 0.4) is 0 Å². The minimum absolute atomic E-state index is 0.168. The van der Waals surface area contributed by atoms with E-state index < -0.39 is 0 Å². The van der Waals surface area contributed by atoms with Crippen molar-refractivity contribution in [3.05, 3.63) is 36.4 Å². The van der Waals surface area contributed by atoms with Crippen LogP contribution in [-0.4, -0.2) is 43.5 Å². The first-order valence-corrected chi connectivity index (χ1v) is 9.36. The number of nitrogens with two attached hydrogens (primary N) is 1. The molecule has 146 valence electrons. The fourth-order valence-corrected chi connectivity index (χ4v) is 3.84. The van der Waals surface area contributed by atoms with E-state index in [1.165, 1.54) is 0 Å². The van der Waals surface area contributed by atoms with Crippen LogP contribution in [0.25, 0.3) is 21.9 Å². The number of ether oxygens (including phenoxy) is 1. The number of methoxy groups -OCH3 is 1. The molecule has 1 atom stereocenters. The van der Waals surface area contributed by atoms with Crippen molar-refractivity contribution in [3.8, 4) is 5.75 Å². The number of fused-ring (bicyclic) bond motifs is 3. The number of amides is 2. The summed E-state index contributed by atoms with van der Waals surface area (Å²) in [6.07, 6.45) is 1.64. The van der Waals surface area contributed by atoms with E-state index in [2.05, 4.69) is 5.32 Å². The highest BCUT2D eigenvalue weighted by Gasteiger charge is 2.25. The molecule has 3 N–H and O–H groups in total. The van der Waals surface area contributed by atoms with Crippen LogP contribution in [0, 0.1) is 5.92 Å². The summed E-state index contributed by atoms with van der Waals surface area (Å²) < 4.78 is 11.4. The van der Waals surface area contributed by atoms with Crippen molar-refractivity contribution >= 4 is 39.4 Å². The molecule has 7 heteroatoms. The predicted molar refractivity (Wildman–Crippen MR) is 107 cm³/mol. The molecule has 4 rings (SSSR count). The van der Waals surface area contributed by atoms with Crippen LogP contribution in [0.15, 0.2) is 40.8 Å². The fraction of sp³-hybridized carbons (Fsp3) is 0.333. The maximum atomic E-state index is 12.6. The number of carbonyl (C=O) groups excluding carboxylic acids is 2. The Hall–Kier alpha value is -3.06. The van der Waals surface area contributed by atoms with Gasteiger partial charge in [0.15, 0.2) is 0 Å². The lowest BCUT2D eigenvalue weighted by molar-refractivity contribution is -0.125. The fourth-order valence-electron chi connectivity index (χ4n) is 3.84. The van der Waals surface area contributed by atoms with Gasteiger partial charge in [0.1, 0.15) is 16.9 Å². The molecular weight excluding hydrogens is 358 g/mol. The number of benzene rings is 2. The van der Waals surface area contributed by atoms with Gasteiger partial charge in [-0.25, -0.2) is 0 Å². The van der Waals surface area contributed by atoms with Crippen LogP contribution in [0.2, 0.25) is 0 Å². The van der Waals surface area contributed by atoms with Crippen LogP contribution in [0.4, 0.5) is 5.69 Å². The molecule has 0 bridgehead atoms. The zero-order valence-electron chi connectivity index (χ0n) is 15.7. The van der Waals surface area contributed by atoms with Crippen molar-refractivity contribution in [2.45, 2.75) is 12.8 Å². The van der Waals surface area contributed by atoms with E-state index in [1.807, 2.05) is 35.2 Å². The molecular formula is C21H23N3O4. The van der Waals surface area contributed by atoms with E-state index in [0.29, 0.717) is 23.6 Å². The summed E-state index contributed by atoms with van der Waals surface area (Å²) in [5.41, 5.74) is 7.44. The van der Waals surface area contributed by atoms with Gasteiger partial charge in [0, 0.05) is 23.4 Å². The number of piperidine rings is 1. The standard InChI is InChI=1S/C21H23N3O4/c1-27-19-9-15-14-6-2-3-7-17(14)28-18(15)10-16(19)23-20(25)12-24-8-4-5-13(11-24)21(22)26/h2-3,6-7,9-10,13H,4-5,8,11-12H2,1H3,(H2,22,26)(H,23,25)/t13-/m0/s1. The van der Waals surface area contributed by atoms with Gasteiger partial charge in [0.05, 0.1) is 25.3 Å². The first-order chi connectivity index (χ1) is 13.5. The number of rotatable bonds is 5. The Balaban J connectivity index is 1.54. The summed E-state index contributed by atoms with van der Waals surface area (Å²) in [7, 11) is 1.57. The van der Waals surface area contributed by atoms with Gasteiger partial charge in [-0.3, -0.25) is 14.5 Å². The number of hydrogen-bond donors (Lipinski definition) is 2. The molecule has 0 spiro atoms. The molecule has 2 aromatic carbocycles. The summed E-state index contributed by atoms with van der Waals surface area (Å²) in [6, 6.07) is 11.4. The van der Waals surface area contributed by atoms with Crippen molar-refractivity contribution in [1.82, 2.24) is 4.90 Å². The van der Waals surface area contributed by atoms with E-state index in [4.69, 9.17) is 14.9 Å². The number of nitrogens with zero attached hydrogens (tertiary/aromatic N) is 1. The van der Waals surface area contributed by atoms with Crippen molar-refractivity contribution in [1.29, 1.82) is 0 Å². The molecule has 2 amide bonds. The summed E-state index contributed by atoms with van der Waals surface area (Å²) >= 11 is 0. The number of primary amides is 1. The van der Waals surface area contributed by atoms with Crippen molar-refractivity contribution < 1.29 is 18.7 Å². The Morgan fingerprint density at radius 2 is 2.07 bits per heavy atom. The third kappa shape index (κ3) is 3.53. The summed E-state index contributed by atoms with van der Waals surface area (Å²) in [4.78, 5) is 26.0. The van der Waals surface area contributed by atoms with Crippen LogP contribution in [0.5, 0.6) is 5.75 Å². The Kier molecular flexibility index (Phi) is 4.92. The Labute approximate surface area is 162 Å². The second kappa shape index (κ2) is 7.52. The van der Waals surface area contributed by atoms with Crippen LogP contribution in [0.1, 0.15) is 12.8 Å². The first kappa shape index (κ1) is 18.3. The van der Waals surface area contributed by atoms with E-state index in [1.54, 1.807) is 13.2 Å². The summed E-state index contributed by atoms with van der Waals surface area (Å²) in [6.45, 7) is 1.49. The Morgan fingerprint density at radius 3 is 2.86 bits per heavy atom. The number of furan rings is 1. The molecule has 0 unspecified atom stereocenters. The molecule has 7 nitrogen and oxygen atoms in total. The van der Waals surface area contributed by atoms with E-state index in [-0.39, 0.29) is 24.3 Å². The summed E-state index contributed by atoms with van der Waals surface area (Å²) in [5, 5.41) is 4.84. The molecule has 1 saturated heterocycles. The Bertz CT molecular complexity index is 1040. The average molecular weight is 381 g/mol. The second-order valence-corrected chi connectivity index (χ2v) is 7.17. The van der Waals surface area contributed by atoms with E-state index in [9.17, 15) is 9.59 Å². The maximum absolute atomic E-state index is 12.6. The monoisotopic (exact) mass is 381 g/mol. The number of carbonyl (C=O) groups is 2. The molecule has 1 aromatic heterocycles. The molecule has 3 aromatic rings. The minimum atomic E-state index is -0.304. The normalized spacial score (nSPS) is 17.7. The highest BCUT2D eigenvalue weighted by Crippen LogP contribution is 2.36. The van der Waals surface area contributed by atoms with E-state index in [0.717, 1.165) is 35.7 Å². The SMILES string of the molecule is COc1cc2c(cc1NC(=O)CN1CCC[C@H](C(N)=O)C1)oc1ccccc12. The van der Waals surface area contributed by atoms with Gasteiger partial charge in [-0.15, -0.1) is 0 Å². The highest BCUT2D eigenvalue weighted by molar-refractivity contribution is 6.07. The van der Waals surface area contributed by atoms with Crippen molar-refractivity contribution in [2.75, 3.05) is 32.1 Å². The number of likely N-dealkylation sites (tertiary alicyclic amines) is 1. The molecule has 0 radical (unpaired) electrons. The number of para-hydroxylation sites is 1. The van der Waals surface area contributed by atoms with Crippen LogP contribution in [-0.2, 0) is 9.59 Å². The quantitative estimate of drug-likeness (QED) is 0.708. The molecule has 1 fully saturated rings. The number of anilines is 1. The van der Waals surface area contributed by atoms with Gasteiger partial charge in [-0.1, -0.05) is 18.2 Å². The van der Waals surface area contributed by atoms with Crippen LogP contribution < -0.4 is 15.8 Å². The number of nitrogens with one attached hydrogen (secondary N) is 1. The minimum Gasteiger partial charge on any atom is -0.495 e. The molecule has 2 heterocycles. The second-order valence-electron chi connectivity index (χ2n) is 7.17. The zero-order valence-corrected chi connectivity index (χ0v) is 15.7. The number of hydrogen-bond acceptors (Lipinski definition) is 5. The lowest BCUT2D eigenvalue weighted by Gasteiger charge is -2.30. The topological polar surface area (TPSA) is 97.8 Å². The third-order valence-corrected chi connectivity index (χ3v) is 5.25. The third-order valence-electron chi connectivity index (χ3n) is 5.25. The van der Waals surface area contributed by atoms with Gasteiger partial charge in [0.2, 0.25) is 11.8 Å². The van der Waals surface area contributed by atoms with Gasteiger partial charge >= 0.3 is 0 Å². The predicted octanol–water partition coefficient (Wildman–Crippen LogP) is 2.73. The molecule has 1 aliphatic heterocycles. The van der Waals surface area contributed by atoms with Gasteiger partial charge < -0.3 is 20.2 Å². The maximum Gasteiger partial charge on any atom is 0.238 e. The zero-order chi connectivity index (χ0) is 19.7. The van der Waals surface area contributed by atoms with Gasteiger partial charge in [0.25, 0.3) is 0 Å². The van der Waals surface area contributed by atoms with Crippen molar-refractivity contribution in [3.63, 3.8) is 0 Å². The smallest absolute Gasteiger partial charge is 0.238 e. The average Bonchev–Trinajstić information content (AvgIpc) is 3.04. The molecule has 28 heavy (non-hydrogen) atoms. The molecule has 1 aliphatic rings. The largest absolute Gasteiger partial charge is 0.495 e. The van der Waals surface area contributed by atoms with Gasteiger partial charge in [-0.05, 0) is 31.5 Å². The van der Waals surface area contributed by atoms with E-state index >= 15 is 0 Å². The lowest BCUT2D eigenvalue weighted by atomic mass is 9.97. The van der Waals surface area contributed by atoms with Crippen LogP contribution >= 0.6 is 0 Å². The molecule has 0 aliphatic carbocycles. The van der Waals surface area contributed by atoms with Gasteiger partial charge in [-0.2, -0.15) is 0 Å². The summed E-state index contributed by atoms with van der Waals surface area (Å²) in [5.74, 6) is -0.0926. The lowest BCUT2D eigenvalue weighted by Crippen LogP contribution is -2.44.